The first kappa shape index (κ1) is 18.3. The van der Waals surface area contributed by atoms with Gasteiger partial charge in [-0.05, 0) is 35.9 Å². The molecule has 1 amide bonds. The Morgan fingerprint density at radius 1 is 1.23 bits per heavy atom. The lowest BCUT2D eigenvalue weighted by Gasteiger charge is -2.33. The van der Waals surface area contributed by atoms with Gasteiger partial charge in [0.2, 0.25) is 0 Å². The predicted octanol–water partition coefficient (Wildman–Crippen LogP) is 2.84. The minimum atomic E-state index is 0.0122. The van der Waals surface area contributed by atoms with Crippen LogP contribution in [0.1, 0.15) is 15.9 Å². The van der Waals surface area contributed by atoms with E-state index >= 15 is 0 Å². The molecule has 1 heterocycles. The second-order valence-electron chi connectivity index (χ2n) is 6.74. The van der Waals surface area contributed by atoms with E-state index in [1.807, 2.05) is 72.4 Å². The van der Waals surface area contributed by atoms with Crippen LogP contribution in [0.3, 0.4) is 0 Å². The molecule has 0 radical (unpaired) electrons. The van der Waals surface area contributed by atoms with Crippen molar-refractivity contribution in [3.63, 3.8) is 0 Å². The highest BCUT2D eigenvalue weighted by atomic mass is 16.5. The molecule has 1 aliphatic heterocycles. The zero-order chi connectivity index (χ0) is 18.5. The molecular weight excluding hydrogens is 328 g/mol. The van der Waals surface area contributed by atoms with Gasteiger partial charge in [-0.3, -0.25) is 4.79 Å². The second-order valence-corrected chi connectivity index (χ2v) is 6.74. The van der Waals surface area contributed by atoms with Gasteiger partial charge in [0.1, 0.15) is 5.75 Å². The van der Waals surface area contributed by atoms with Crippen LogP contribution in [0.15, 0.2) is 48.5 Å². The van der Waals surface area contributed by atoms with Crippen molar-refractivity contribution in [2.24, 2.45) is 0 Å². The van der Waals surface area contributed by atoms with E-state index in [-0.39, 0.29) is 12.0 Å². The molecule has 1 aliphatic rings. The number of rotatable bonds is 5. The van der Waals surface area contributed by atoms with Crippen molar-refractivity contribution in [3.8, 4) is 5.75 Å². The Morgan fingerprint density at radius 3 is 2.69 bits per heavy atom. The first-order chi connectivity index (χ1) is 12.6. The maximum Gasteiger partial charge on any atom is 0.254 e. The normalized spacial score (nSPS) is 17.0. The van der Waals surface area contributed by atoms with Crippen LogP contribution >= 0.6 is 0 Å². The smallest absolute Gasteiger partial charge is 0.254 e. The molecule has 0 aliphatic carbocycles. The molecule has 5 nitrogen and oxygen atoms in total. The van der Waals surface area contributed by atoms with E-state index in [0.717, 1.165) is 23.4 Å². The third kappa shape index (κ3) is 4.35. The molecule has 0 unspecified atom stereocenters. The van der Waals surface area contributed by atoms with Gasteiger partial charge < -0.3 is 19.3 Å². The Hall–Kier alpha value is -2.53. The van der Waals surface area contributed by atoms with Gasteiger partial charge in [0.15, 0.2) is 0 Å². The zero-order valence-corrected chi connectivity index (χ0v) is 15.6. The average Bonchev–Trinajstić information content (AvgIpc) is 2.68. The zero-order valence-electron chi connectivity index (χ0n) is 15.6. The lowest BCUT2D eigenvalue weighted by atomic mass is 10.1. The summed E-state index contributed by atoms with van der Waals surface area (Å²) in [5, 5.41) is 0. The number of hydrogen-bond acceptors (Lipinski definition) is 4. The summed E-state index contributed by atoms with van der Waals surface area (Å²) >= 11 is 0. The van der Waals surface area contributed by atoms with Crippen LogP contribution in [0.25, 0.3) is 0 Å². The molecular formula is C21H26N2O3. The fourth-order valence-corrected chi connectivity index (χ4v) is 3.15. The molecule has 5 heteroatoms. The molecule has 0 spiro atoms. The Labute approximate surface area is 155 Å². The van der Waals surface area contributed by atoms with E-state index in [9.17, 15) is 4.79 Å². The van der Waals surface area contributed by atoms with Crippen LogP contribution in [-0.2, 0) is 11.2 Å². The third-order valence-electron chi connectivity index (χ3n) is 4.66. The van der Waals surface area contributed by atoms with Crippen molar-refractivity contribution in [1.82, 2.24) is 4.90 Å². The fraction of sp³-hybridized carbons (Fsp3) is 0.381. The Bertz CT molecular complexity index is 743. The lowest BCUT2D eigenvalue weighted by molar-refractivity contribution is -0.0208. The molecule has 2 aromatic rings. The van der Waals surface area contributed by atoms with Crippen LogP contribution in [0.5, 0.6) is 5.75 Å². The largest absolute Gasteiger partial charge is 0.497 e. The highest BCUT2D eigenvalue weighted by Gasteiger charge is 2.25. The van der Waals surface area contributed by atoms with Gasteiger partial charge in [0.25, 0.3) is 5.91 Å². The van der Waals surface area contributed by atoms with Crippen molar-refractivity contribution < 1.29 is 14.3 Å². The summed E-state index contributed by atoms with van der Waals surface area (Å²) in [5.74, 6) is 0.910. The van der Waals surface area contributed by atoms with Gasteiger partial charge in [-0.1, -0.05) is 18.2 Å². The Balaban J connectivity index is 1.65. The van der Waals surface area contributed by atoms with Crippen molar-refractivity contribution in [1.29, 1.82) is 0 Å². The number of ether oxygens (including phenoxy) is 2. The van der Waals surface area contributed by atoms with Crippen molar-refractivity contribution in [2.45, 2.75) is 12.5 Å². The molecule has 2 aromatic carbocycles. The first-order valence-corrected chi connectivity index (χ1v) is 8.88. The third-order valence-corrected chi connectivity index (χ3v) is 4.66. The molecule has 1 atom stereocenters. The second kappa shape index (κ2) is 8.23. The predicted molar refractivity (Wildman–Crippen MR) is 103 cm³/mol. The highest BCUT2D eigenvalue weighted by Crippen LogP contribution is 2.19. The summed E-state index contributed by atoms with van der Waals surface area (Å²) in [6.07, 6.45) is 0.795. The van der Waals surface area contributed by atoms with Gasteiger partial charge >= 0.3 is 0 Å². The number of hydrogen-bond donors (Lipinski definition) is 0. The van der Waals surface area contributed by atoms with E-state index in [0.29, 0.717) is 19.7 Å². The first-order valence-electron chi connectivity index (χ1n) is 8.88. The van der Waals surface area contributed by atoms with E-state index < -0.39 is 0 Å². The van der Waals surface area contributed by atoms with E-state index in [4.69, 9.17) is 9.47 Å². The number of methoxy groups -OCH3 is 1. The van der Waals surface area contributed by atoms with Crippen molar-refractivity contribution in [2.75, 3.05) is 45.8 Å². The summed E-state index contributed by atoms with van der Waals surface area (Å²) in [6.45, 7) is 1.81. The average molecular weight is 354 g/mol. The maximum absolute atomic E-state index is 12.9. The fourth-order valence-electron chi connectivity index (χ4n) is 3.15. The summed E-state index contributed by atoms with van der Waals surface area (Å²) in [4.78, 5) is 16.8. The number of amides is 1. The monoisotopic (exact) mass is 354 g/mol. The number of carbonyl (C=O) groups is 1. The van der Waals surface area contributed by atoms with E-state index in [1.54, 1.807) is 7.11 Å². The summed E-state index contributed by atoms with van der Waals surface area (Å²) in [6, 6.07) is 15.7. The summed E-state index contributed by atoms with van der Waals surface area (Å²) in [7, 11) is 5.61. The Morgan fingerprint density at radius 2 is 2.00 bits per heavy atom. The Kier molecular flexibility index (Phi) is 5.78. The molecule has 3 rings (SSSR count). The minimum Gasteiger partial charge on any atom is -0.497 e. The van der Waals surface area contributed by atoms with Gasteiger partial charge in [0.05, 0.1) is 19.8 Å². The molecule has 0 saturated carbocycles. The quantitative estimate of drug-likeness (QED) is 0.828. The van der Waals surface area contributed by atoms with Gasteiger partial charge in [0, 0.05) is 44.9 Å². The molecule has 1 fully saturated rings. The van der Waals surface area contributed by atoms with Gasteiger partial charge in [-0.25, -0.2) is 0 Å². The SMILES string of the molecule is COc1ccc(C[C@H]2CN(C(=O)c3cccc(N(C)C)c3)CCO2)cc1. The number of benzene rings is 2. The minimum absolute atomic E-state index is 0.0122. The van der Waals surface area contributed by atoms with Crippen molar-refractivity contribution >= 4 is 11.6 Å². The molecule has 1 saturated heterocycles. The number of anilines is 1. The number of carbonyl (C=O) groups excluding carboxylic acids is 1. The van der Waals surface area contributed by atoms with Crippen LogP contribution < -0.4 is 9.64 Å². The maximum atomic E-state index is 12.9. The summed E-state index contributed by atoms with van der Waals surface area (Å²) in [5.41, 5.74) is 2.93. The van der Waals surface area contributed by atoms with E-state index in [2.05, 4.69) is 0 Å². The van der Waals surface area contributed by atoms with Crippen LogP contribution in [0.2, 0.25) is 0 Å². The molecule has 138 valence electrons. The van der Waals surface area contributed by atoms with Crippen LogP contribution in [0, 0.1) is 0 Å². The molecule has 0 bridgehead atoms. The molecule has 0 N–H and O–H groups in total. The number of morpholine rings is 1. The van der Waals surface area contributed by atoms with Gasteiger partial charge in [-0.15, -0.1) is 0 Å². The summed E-state index contributed by atoms with van der Waals surface area (Å²) < 4.78 is 11.1. The van der Waals surface area contributed by atoms with Gasteiger partial charge in [-0.2, -0.15) is 0 Å². The highest BCUT2D eigenvalue weighted by molar-refractivity contribution is 5.95. The molecule has 26 heavy (non-hydrogen) atoms. The standard InChI is InChI=1S/C21H26N2O3/c1-22(2)18-6-4-5-17(14-18)21(24)23-11-12-26-20(15-23)13-16-7-9-19(25-3)10-8-16/h4-10,14,20H,11-13,15H2,1-3H3/t20-/m0/s1. The van der Waals surface area contributed by atoms with Crippen molar-refractivity contribution in [3.05, 3.63) is 59.7 Å². The van der Waals surface area contributed by atoms with Crippen LogP contribution in [0.4, 0.5) is 5.69 Å². The topological polar surface area (TPSA) is 42.0 Å². The lowest BCUT2D eigenvalue weighted by Crippen LogP contribution is -2.46. The van der Waals surface area contributed by atoms with E-state index in [1.165, 1.54) is 5.56 Å². The molecule has 0 aromatic heterocycles. The van der Waals surface area contributed by atoms with Crippen LogP contribution in [-0.4, -0.2) is 57.8 Å². The number of nitrogens with zero attached hydrogens (tertiary/aromatic N) is 2.